The fourth-order valence-corrected chi connectivity index (χ4v) is 3.58. The predicted octanol–water partition coefficient (Wildman–Crippen LogP) is 4.43. The van der Waals surface area contributed by atoms with Gasteiger partial charge in [-0.15, -0.1) is 0 Å². The average molecular weight is 392 g/mol. The van der Waals surface area contributed by atoms with Gasteiger partial charge in [0, 0.05) is 29.0 Å². The second-order valence-corrected chi connectivity index (χ2v) is 7.00. The SMILES string of the molecule is CCOCCOc1ccc2c(=O)n(C3CC3)c(C#N)c(-c3cccc(F)c3)c2c1. The van der Waals surface area contributed by atoms with Crippen molar-refractivity contribution in [3.63, 3.8) is 0 Å². The van der Waals surface area contributed by atoms with Gasteiger partial charge in [-0.25, -0.2) is 4.39 Å². The largest absolute Gasteiger partial charge is 0.491 e. The van der Waals surface area contributed by atoms with E-state index in [1.54, 1.807) is 34.9 Å². The van der Waals surface area contributed by atoms with E-state index in [-0.39, 0.29) is 17.3 Å². The minimum absolute atomic E-state index is 0.0241. The second-order valence-electron chi connectivity index (χ2n) is 7.00. The zero-order valence-electron chi connectivity index (χ0n) is 16.2. The number of benzene rings is 2. The summed E-state index contributed by atoms with van der Waals surface area (Å²) in [6.45, 7) is 3.35. The summed E-state index contributed by atoms with van der Waals surface area (Å²) in [4.78, 5) is 13.1. The van der Waals surface area contributed by atoms with E-state index in [0.29, 0.717) is 47.5 Å². The van der Waals surface area contributed by atoms with Gasteiger partial charge in [0.15, 0.2) is 0 Å². The highest BCUT2D eigenvalue weighted by molar-refractivity contribution is 5.99. The van der Waals surface area contributed by atoms with Crippen molar-refractivity contribution >= 4 is 10.8 Å². The highest BCUT2D eigenvalue weighted by Gasteiger charge is 2.30. The van der Waals surface area contributed by atoms with Crippen molar-refractivity contribution in [2.45, 2.75) is 25.8 Å². The Bertz CT molecular complexity index is 1160. The third-order valence-corrected chi connectivity index (χ3v) is 5.02. The van der Waals surface area contributed by atoms with Crippen molar-refractivity contribution in [3.8, 4) is 22.9 Å². The molecule has 1 fully saturated rings. The molecule has 0 aliphatic heterocycles. The molecule has 4 rings (SSSR count). The Labute approximate surface area is 167 Å². The fourth-order valence-electron chi connectivity index (χ4n) is 3.58. The summed E-state index contributed by atoms with van der Waals surface area (Å²) >= 11 is 0. The highest BCUT2D eigenvalue weighted by Crippen LogP contribution is 2.39. The van der Waals surface area contributed by atoms with Gasteiger partial charge in [0.05, 0.1) is 6.61 Å². The molecule has 5 nitrogen and oxygen atoms in total. The third kappa shape index (κ3) is 3.74. The average Bonchev–Trinajstić information content (AvgIpc) is 3.55. The van der Waals surface area contributed by atoms with Crippen molar-refractivity contribution in [1.29, 1.82) is 5.26 Å². The van der Waals surface area contributed by atoms with E-state index in [9.17, 15) is 14.4 Å². The Morgan fingerprint density at radius 1 is 1.17 bits per heavy atom. The number of aromatic nitrogens is 1. The van der Waals surface area contributed by atoms with Gasteiger partial charge in [0.2, 0.25) is 0 Å². The molecule has 6 heteroatoms. The molecule has 1 saturated carbocycles. The molecular formula is C23H21FN2O3. The van der Waals surface area contributed by atoms with Crippen LogP contribution < -0.4 is 10.3 Å². The number of rotatable bonds is 7. The number of halogens is 1. The summed E-state index contributed by atoms with van der Waals surface area (Å²) in [5, 5.41) is 11.0. The van der Waals surface area contributed by atoms with Crippen molar-refractivity contribution in [2.24, 2.45) is 0 Å². The highest BCUT2D eigenvalue weighted by atomic mass is 19.1. The Kier molecular flexibility index (Phi) is 5.32. The Morgan fingerprint density at radius 3 is 2.69 bits per heavy atom. The topological polar surface area (TPSA) is 64.2 Å². The second kappa shape index (κ2) is 8.06. The lowest BCUT2D eigenvalue weighted by Gasteiger charge is -2.16. The van der Waals surface area contributed by atoms with E-state index in [4.69, 9.17) is 9.47 Å². The van der Waals surface area contributed by atoms with Gasteiger partial charge in [-0.05, 0) is 55.7 Å². The molecule has 148 valence electrons. The maximum absolute atomic E-state index is 14.0. The molecule has 3 aromatic rings. The van der Waals surface area contributed by atoms with E-state index in [2.05, 4.69) is 6.07 Å². The third-order valence-electron chi connectivity index (χ3n) is 5.02. The molecule has 0 N–H and O–H groups in total. The number of pyridine rings is 1. The molecule has 1 aliphatic rings. The first kappa shape index (κ1) is 19.2. The quantitative estimate of drug-likeness (QED) is 0.558. The van der Waals surface area contributed by atoms with Gasteiger partial charge in [0.25, 0.3) is 5.56 Å². The van der Waals surface area contributed by atoms with Crippen molar-refractivity contribution in [3.05, 3.63) is 64.3 Å². The van der Waals surface area contributed by atoms with Crippen molar-refractivity contribution < 1.29 is 13.9 Å². The molecule has 0 unspecified atom stereocenters. The van der Waals surface area contributed by atoms with Crippen LogP contribution >= 0.6 is 0 Å². The summed E-state index contributed by atoms with van der Waals surface area (Å²) in [6, 6.07) is 13.5. The number of ether oxygens (including phenoxy) is 2. The Morgan fingerprint density at radius 2 is 2.00 bits per heavy atom. The summed E-state index contributed by atoms with van der Waals surface area (Å²) < 4.78 is 26.6. The Hall–Kier alpha value is -3.17. The molecule has 0 spiro atoms. The molecule has 1 aliphatic carbocycles. The standard InChI is InChI=1S/C23H21FN2O3/c1-2-28-10-11-29-18-8-9-19-20(13-18)22(15-4-3-5-16(24)12-15)21(14-25)26(23(19)27)17-6-7-17/h3-5,8-9,12-13,17H,2,6-7,10-11H2,1H3. The van der Waals surface area contributed by atoms with Gasteiger partial charge in [-0.2, -0.15) is 5.26 Å². The molecule has 0 bridgehead atoms. The molecular weight excluding hydrogens is 371 g/mol. The van der Waals surface area contributed by atoms with Crippen LogP contribution in [0.1, 0.15) is 31.5 Å². The van der Waals surface area contributed by atoms with Crippen molar-refractivity contribution in [1.82, 2.24) is 4.57 Å². The van der Waals surface area contributed by atoms with E-state index < -0.39 is 5.82 Å². The predicted molar refractivity (Wildman–Crippen MR) is 109 cm³/mol. The maximum Gasteiger partial charge on any atom is 0.259 e. The minimum Gasteiger partial charge on any atom is -0.491 e. The monoisotopic (exact) mass is 392 g/mol. The lowest BCUT2D eigenvalue weighted by Crippen LogP contribution is -2.23. The Balaban J connectivity index is 1.93. The number of nitrogens with zero attached hydrogens (tertiary/aromatic N) is 2. The fraction of sp³-hybridized carbons (Fsp3) is 0.304. The van der Waals surface area contributed by atoms with Crippen LogP contribution in [0, 0.1) is 17.1 Å². The van der Waals surface area contributed by atoms with Crippen LogP contribution in [0.5, 0.6) is 5.75 Å². The minimum atomic E-state index is -0.396. The van der Waals surface area contributed by atoms with Crippen LogP contribution in [-0.2, 0) is 4.74 Å². The number of hydrogen-bond donors (Lipinski definition) is 0. The van der Waals surface area contributed by atoms with Gasteiger partial charge >= 0.3 is 0 Å². The normalized spacial score (nSPS) is 13.4. The van der Waals surface area contributed by atoms with Crippen LogP contribution in [0.25, 0.3) is 21.9 Å². The molecule has 0 radical (unpaired) electrons. The molecule has 0 saturated heterocycles. The molecule has 1 aromatic heterocycles. The van der Waals surface area contributed by atoms with Crippen LogP contribution in [-0.4, -0.2) is 24.4 Å². The molecule has 0 atom stereocenters. The van der Waals surface area contributed by atoms with E-state index in [0.717, 1.165) is 12.8 Å². The van der Waals surface area contributed by atoms with Crippen LogP contribution in [0.4, 0.5) is 4.39 Å². The zero-order valence-corrected chi connectivity index (χ0v) is 16.2. The van der Waals surface area contributed by atoms with E-state index in [1.165, 1.54) is 12.1 Å². The van der Waals surface area contributed by atoms with Crippen LogP contribution in [0.3, 0.4) is 0 Å². The van der Waals surface area contributed by atoms with Gasteiger partial charge < -0.3 is 9.47 Å². The van der Waals surface area contributed by atoms with Gasteiger partial charge in [0.1, 0.15) is 29.9 Å². The van der Waals surface area contributed by atoms with Crippen molar-refractivity contribution in [2.75, 3.05) is 19.8 Å². The van der Waals surface area contributed by atoms with Crippen LogP contribution in [0.2, 0.25) is 0 Å². The molecule has 1 heterocycles. The first-order chi connectivity index (χ1) is 14.1. The van der Waals surface area contributed by atoms with Gasteiger partial charge in [-0.1, -0.05) is 12.1 Å². The number of nitriles is 1. The van der Waals surface area contributed by atoms with E-state index >= 15 is 0 Å². The first-order valence-electron chi connectivity index (χ1n) is 9.73. The lowest BCUT2D eigenvalue weighted by atomic mass is 9.96. The lowest BCUT2D eigenvalue weighted by molar-refractivity contribution is 0.110. The van der Waals surface area contributed by atoms with Gasteiger partial charge in [-0.3, -0.25) is 9.36 Å². The summed E-state index contributed by atoms with van der Waals surface area (Å²) in [5.41, 5.74) is 1.19. The maximum atomic E-state index is 14.0. The summed E-state index contributed by atoms with van der Waals surface area (Å²) in [5.74, 6) is 0.176. The molecule has 29 heavy (non-hydrogen) atoms. The first-order valence-corrected chi connectivity index (χ1v) is 9.73. The molecule has 2 aromatic carbocycles. The summed E-state index contributed by atoms with van der Waals surface area (Å²) in [6.07, 6.45) is 1.72. The zero-order chi connectivity index (χ0) is 20.4. The summed E-state index contributed by atoms with van der Waals surface area (Å²) in [7, 11) is 0. The number of fused-ring (bicyclic) bond motifs is 1. The smallest absolute Gasteiger partial charge is 0.259 e. The van der Waals surface area contributed by atoms with E-state index in [1.807, 2.05) is 6.92 Å². The number of hydrogen-bond acceptors (Lipinski definition) is 4. The van der Waals surface area contributed by atoms with Crippen LogP contribution in [0.15, 0.2) is 47.3 Å². The molecule has 0 amide bonds.